The van der Waals surface area contributed by atoms with Crippen LogP contribution in [0.5, 0.6) is 0 Å². The minimum atomic E-state index is -0.571. The maximum atomic E-state index is 12.8. The molecule has 0 radical (unpaired) electrons. The molecule has 1 aliphatic rings. The Kier molecular flexibility index (Phi) is 7.16. The van der Waals surface area contributed by atoms with Crippen LogP contribution in [0.25, 0.3) is 5.65 Å². The molecular weight excluding hydrogens is 486 g/mol. The van der Waals surface area contributed by atoms with E-state index in [9.17, 15) is 19.2 Å². The number of ketones is 1. The molecule has 1 fully saturated rings. The molecule has 2 aromatic heterocycles. The Morgan fingerprint density at radius 3 is 2.47 bits per heavy atom. The molecule has 3 heterocycles. The maximum Gasteiger partial charge on any atom is 0.410 e. The molecule has 4 rings (SSSR count). The van der Waals surface area contributed by atoms with Crippen LogP contribution in [-0.2, 0) is 4.74 Å². The quantitative estimate of drug-likeness (QED) is 0.503. The van der Waals surface area contributed by atoms with Crippen LogP contribution in [0.1, 0.15) is 65.9 Å². The number of ether oxygens (including phenoxy) is 1. The first kappa shape index (κ1) is 25.4. The zero-order valence-electron chi connectivity index (χ0n) is 20.3. The van der Waals surface area contributed by atoms with Gasteiger partial charge < -0.3 is 19.9 Å². The van der Waals surface area contributed by atoms with E-state index >= 15 is 0 Å². The van der Waals surface area contributed by atoms with E-state index in [-0.39, 0.29) is 41.1 Å². The number of amides is 2. The van der Waals surface area contributed by atoms with Crippen molar-refractivity contribution in [2.45, 2.75) is 45.1 Å². The van der Waals surface area contributed by atoms with Crippen LogP contribution in [0.2, 0.25) is 5.02 Å². The molecule has 1 saturated heterocycles. The zero-order chi connectivity index (χ0) is 26.0. The smallest absolute Gasteiger partial charge is 0.410 e. The van der Waals surface area contributed by atoms with Gasteiger partial charge in [0.2, 0.25) is 0 Å². The number of benzene rings is 1. The van der Waals surface area contributed by atoms with Crippen LogP contribution in [0.3, 0.4) is 0 Å². The monoisotopic (exact) mass is 513 g/mol. The number of likely N-dealkylation sites (tertiary alicyclic amines) is 1. The molecule has 0 unspecified atom stereocenters. The highest BCUT2D eigenvalue weighted by molar-refractivity contribution is 6.30. The molecule has 36 heavy (non-hydrogen) atoms. The number of carbonyl (C=O) groups is 3. The highest BCUT2D eigenvalue weighted by Crippen LogP contribution is 2.28. The fourth-order valence-electron chi connectivity index (χ4n) is 4.15. The third-order valence-electron chi connectivity index (χ3n) is 5.92. The first-order valence-electron chi connectivity index (χ1n) is 11.7. The van der Waals surface area contributed by atoms with Crippen LogP contribution in [0.4, 0.5) is 4.79 Å². The summed E-state index contributed by atoms with van der Waals surface area (Å²) >= 11 is 5.85. The predicted octanol–water partition coefficient (Wildman–Crippen LogP) is 3.40. The Morgan fingerprint density at radius 1 is 1.17 bits per heavy atom. The van der Waals surface area contributed by atoms with Gasteiger partial charge in [0, 0.05) is 35.7 Å². The predicted molar refractivity (Wildman–Crippen MR) is 134 cm³/mol. The van der Waals surface area contributed by atoms with Crippen molar-refractivity contribution in [1.82, 2.24) is 24.8 Å². The zero-order valence-corrected chi connectivity index (χ0v) is 21.1. The summed E-state index contributed by atoms with van der Waals surface area (Å²) in [5.41, 5.74) is 0.562. The number of piperidine rings is 1. The Hall–Kier alpha value is -3.66. The van der Waals surface area contributed by atoms with Crippen molar-refractivity contribution in [2.75, 3.05) is 19.6 Å². The largest absolute Gasteiger partial charge is 0.444 e. The highest BCUT2D eigenvalue weighted by Gasteiger charge is 2.29. The lowest BCUT2D eigenvalue weighted by Gasteiger charge is -2.33. The van der Waals surface area contributed by atoms with Gasteiger partial charge >= 0.3 is 6.09 Å². The molecular formula is C25H28ClN5O5. The molecule has 1 aliphatic heterocycles. The van der Waals surface area contributed by atoms with Crippen LogP contribution < -0.4 is 10.9 Å². The Balaban J connectivity index is 1.47. The molecule has 0 saturated carbocycles. The van der Waals surface area contributed by atoms with Crippen molar-refractivity contribution < 1.29 is 19.1 Å². The number of nitrogens with zero attached hydrogens (tertiary/aromatic N) is 3. The topological polar surface area (TPSA) is 126 Å². The van der Waals surface area contributed by atoms with Crippen molar-refractivity contribution in [3.8, 4) is 0 Å². The first-order chi connectivity index (χ1) is 17.0. The fourth-order valence-corrected chi connectivity index (χ4v) is 4.27. The van der Waals surface area contributed by atoms with Crippen LogP contribution in [-0.4, -0.2) is 62.5 Å². The summed E-state index contributed by atoms with van der Waals surface area (Å²) in [4.78, 5) is 54.4. The number of hydrogen-bond donors (Lipinski definition) is 2. The summed E-state index contributed by atoms with van der Waals surface area (Å²) in [7, 11) is 0. The Bertz CT molecular complexity index is 1350. The lowest BCUT2D eigenvalue weighted by molar-refractivity contribution is 0.0203. The number of aromatic nitrogens is 3. The standard InChI is InChI=1S/C25H28ClN5O5/c1-25(2,3)36-24(35)30-10-8-15(9-11-30)19-12-21(33)29-22-18(13-28-31(19)22)23(34)27-14-20(32)16-4-6-17(26)7-5-16/h4-7,12-13,15H,8-11,14H2,1-3H3,(H,27,34)(H,29,33). The van der Waals surface area contributed by atoms with Gasteiger partial charge in [-0.05, 0) is 57.9 Å². The van der Waals surface area contributed by atoms with E-state index in [1.165, 1.54) is 12.3 Å². The average molecular weight is 514 g/mol. The van der Waals surface area contributed by atoms with Gasteiger partial charge in [-0.25, -0.2) is 9.31 Å². The van der Waals surface area contributed by atoms with Gasteiger partial charge in [0.25, 0.3) is 11.5 Å². The van der Waals surface area contributed by atoms with E-state index in [2.05, 4.69) is 15.4 Å². The Labute approximate surface area is 212 Å². The second-order valence-corrected chi connectivity index (χ2v) is 10.2. The second-order valence-electron chi connectivity index (χ2n) is 9.73. The summed E-state index contributed by atoms with van der Waals surface area (Å²) < 4.78 is 7.00. The molecule has 3 aromatic rings. The van der Waals surface area contributed by atoms with Gasteiger partial charge in [-0.1, -0.05) is 11.6 Å². The van der Waals surface area contributed by atoms with E-state index in [1.54, 1.807) is 33.7 Å². The van der Waals surface area contributed by atoms with Gasteiger partial charge in [-0.15, -0.1) is 0 Å². The number of hydrogen-bond acceptors (Lipinski definition) is 6. The SMILES string of the molecule is CC(C)(C)OC(=O)N1CCC(c2cc(=O)[nH]c3c(C(=O)NCC(=O)c4ccc(Cl)cc4)cnn23)CC1. The lowest BCUT2D eigenvalue weighted by Crippen LogP contribution is -2.41. The van der Waals surface area contributed by atoms with Crippen LogP contribution >= 0.6 is 11.6 Å². The minimum Gasteiger partial charge on any atom is -0.444 e. The third kappa shape index (κ3) is 5.76. The number of Topliss-reactive ketones (excluding diaryl/α,β-unsaturated/α-hetero) is 1. The number of rotatable bonds is 5. The fraction of sp³-hybridized carbons (Fsp3) is 0.400. The summed E-state index contributed by atoms with van der Waals surface area (Å²) in [5, 5.41) is 7.44. The van der Waals surface area contributed by atoms with E-state index in [1.807, 2.05) is 20.8 Å². The number of nitrogens with one attached hydrogen (secondary N) is 2. The maximum absolute atomic E-state index is 12.8. The first-order valence-corrected chi connectivity index (χ1v) is 12.1. The summed E-state index contributed by atoms with van der Waals surface area (Å²) in [5.74, 6) is -0.835. The number of carbonyl (C=O) groups excluding carboxylic acids is 3. The molecule has 1 aromatic carbocycles. The van der Waals surface area contributed by atoms with Crippen molar-refractivity contribution in [3.63, 3.8) is 0 Å². The van der Waals surface area contributed by atoms with Crippen molar-refractivity contribution >= 4 is 35.0 Å². The van der Waals surface area contributed by atoms with E-state index in [0.29, 0.717) is 42.2 Å². The molecule has 0 spiro atoms. The summed E-state index contributed by atoms with van der Waals surface area (Å²) in [6.45, 7) is 6.21. The number of H-pyrrole nitrogens is 1. The van der Waals surface area contributed by atoms with Gasteiger partial charge in [-0.3, -0.25) is 14.4 Å². The van der Waals surface area contributed by atoms with Crippen LogP contribution in [0, 0.1) is 0 Å². The van der Waals surface area contributed by atoms with Crippen molar-refractivity contribution in [1.29, 1.82) is 0 Å². The van der Waals surface area contributed by atoms with Crippen LogP contribution in [0.15, 0.2) is 41.3 Å². The normalized spacial score (nSPS) is 14.6. The van der Waals surface area contributed by atoms with E-state index in [4.69, 9.17) is 16.3 Å². The molecule has 2 N–H and O–H groups in total. The van der Waals surface area contributed by atoms with Crippen molar-refractivity contribution in [2.24, 2.45) is 0 Å². The molecule has 10 nitrogen and oxygen atoms in total. The number of halogens is 1. The molecule has 11 heteroatoms. The highest BCUT2D eigenvalue weighted by atomic mass is 35.5. The summed E-state index contributed by atoms with van der Waals surface area (Å²) in [6.07, 6.45) is 2.25. The Morgan fingerprint density at radius 2 is 1.83 bits per heavy atom. The van der Waals surface area contributed by atoms with Gasteiger partial charge in [0.1, 0.15) is 16.8 Å². The molecule has 190 valence electrons. The van der Waals surface area contributed by atoms with Gasteiger partial charge in [0.15, 0.2) is 5.78 Å². The minimum absolute atomic E-state index is 0.0317. The summed E-state index contributed by atoms with van der Waals surface area (Å²) in [6, 6.07) is 7.85. The average Bonchev–Trinajstić information content (AvgIpc) is 3.25. The molecule has 0 aliphatic carbocycles. The number of fused-ring (bicyclic) bond motifs is 1. The van der Waals surface area contributed by atoms with Gasteiger partial charge in [0.05, 0.1) is 18.4 Å². The second kappa shape index (κ2) is 10.1. The van der Waals surface area contributed by atoms with Gasteiger partial charge in [-0.2, -0.15) is 5.10 Å². The molecule has 0 bridgehead atoms. The van der Waals surface area contributed by atoms with Crippen molar-refractivity contribution in [3.05, 3.63) is 68.7 Å². The lowest BCUT2D eigenvalue weighted by atomic mass is 9.93. The number of aromatic amines is 1. The third-order valence-corrected chi connectivity index (χ3v) is 6.17. The molecule has 2 amide bonds. The van der Waals surface area contributed by atoms with E-state index in [0.717, 1.165) is 0 Å². The van der Waals surface area contributed by atoms with E-state index < -0.39 is 11.5 Å². The molecule has 0 atom stereocenters.